The highest BCUT2D eigenvalue weighted by molar-refractivity contribution is 14.1. The van der Waals surface area contributed by atoms with Crippen LogP contribution < -0.4 is 5.32 Å². The first-order chi connectivity index (χ1) is 8.82. The fraction of sp³-hybridized carbons (Fsp3) is 0.429. The maximum Gasteiger partial charge on any atom is 0.246 e. The number of rotatable bonds is 2. The number of hydrogen-bond donors (Lipinski definition) is 1. The summed E-state index contributed by atoms with van der Waals surface area (Å²) in [5.74, 6) is -0.145. The normalized spacial score (nSPS) is 22.3. The van der Waals surface area contributed by atoms with Gasteiger partial charge in [0, 0.05) is 10.1 Å². The summed E-state index contributed by atoms with van der Waals surface area (Å²) in [6.07, 6.45) is 0. The van der Waals surface area contributed by atoms with E-state index in [1.54, 1.807) is 25.7 Å². The summed E-state index contributed by atoms with van der Waals surface area (Å²) in [4.78, 5) is 25.9. The van der Waals surface area contributed by atoms with Crippen LogP contribution in [0.25, 0.3) is 0 Å². The summed E-state index contributed by atoms with van der Waals surface area (Å²) in [6.45, 7) is 5.73. The highest BCUT2D eigenvalue weighted by Crippen LogP contribution is 2.23. The quantitative estimate of drug-likeness (QED) is 0.807. The number of carbonyl (C=O) groups excluding carboxylic acids is 2. The molecule has 0 aromatic heterocycles. The number of carbonyl (C=O) groups is 2. The van der Waals surface area contributed by atoms with Gasteiger partial charge in [-0.05, 0) is 61.1 Å². The van der Waals surface area contributed by atoms with Gasteiger partial charge in [-0.15, -0.1) is 0 Å². The minimum atomic E-state index is -0.813. The SMILES string of the molecule is CC1NC(=O)C(C)(C)N(Cc2ccc(I)cc2)C1=O. The molecule has 1 aliphatic heterocycles. The zero-order valence-corrected chi connectivity index (χ0v) is 13.4. The Kier molecular flexibility index (Phi) is 3.85. The Morgan fingerprint density at radius 2 is 1.84 bits per heavy atom. The van der Waals surface area contributed by atoms with Crippen molar-refractivity contribution in [2.45, 2.75) is 38.9 Å². The summed E-state index contributed by atoms with van der Waals surface area (Å²) in [7, 11) is 0. The van der Waals surface area contributed by atoms with Gasteiger partial charge in [-0.2, -0.15) is 0 Å². The van der Waals surface area contributed by atoms with E-state index in [9.17, 15) is 9.59 Å². The van der Waals surface area contributed by atoms with E-state index in [1.165, 1.54) is 0 Å². The molecule has 1 aromatic rings. The molecule has 1 N–H and O–H groups in total. The Hall–Kier alpha value is -1.11. The lowest BCUT2D eigenvalue weighted by Gasteiger charge is -2.43. The van der Waals surface area contributed by atoms with Crippen LogP contribution in [0.2, 0.25) is 0 Å². The Morgan fingerprint density at radius 3 is 2.42 bits per heavy atom. The lowest BCUT2D eigenvalue weighted by Crippen LogP contribution is -2.67. The summed E-state index contributed by atoms with van der Waals surface area (Å²) < 4.78 is 1.15. The summed E-state index contributed by atoms with van der Waals surface area (Å²) in [6, 6.07) is 7.52. The van der Waals surface area contributed by atoms with Crippen molar-refractivity contribution in [1.82, 2.24) is 10.2 Å². The van der Waals surface area contributed by atoms with E-state index in [2.05, 4.69) is 27.9 Å². The minimum Gasteiger partial charge on any atom is -0.343 e. The smallest absolute Gasteiger partial charge is 0.246 e. The maximum atomic E-state index is 12.3. The van der Waals surface area contributed by atoms with Crippen molar-refractivity contribution >= 4 is 34.4 Å². The molecule has 2 rings (SSSR count). The highest BCUT2D eigenvalue weighted by atomic mass is 127. The van der Waals surface area contributed by atoms with Crippen LogP contribution in [-0.4, -0.2) is 28.3 Å². The van der Waals surface area contributed by atoms with Crippen LogP contribution in [0.4, 0.5) is 0 Å². The van der Waals surface area contributed by atoms with E-state index < -0.39 is 11.6 Å². The van der Waals surface area contributed by atoms with E-state index in [4.69, 9.17) is 0 Å². The van der Waals surface area contributed by atoms with Crippen LogP contribution in [-0.2, 0) is 16.1 Å². The van der Waals surface area contributed by atoms with Crippen molar-refractivity contribution in [3.05, 3.63) is 33.4 Å². The third-order valence-electron chi connectivity index (χ3n) is 3.47. The van der Waals surface area contributed by atoms with Gasteiger partial charge in [-0.3, -0.25) is 9.59 Å². The Morgan fingerprint density at radius 1 is 1.26 bits per heavy atom. The van der Waals surface area contributed by atoms with Crippen molar-refractivity contribution in [2.24, 2.45) is 0 Å². The molecular weight excluding hydrogens is 355 g/mol. The number of amides is 2. The Bertz CT molecular complexity index is 511. The van der Waals surface area contributed by atoms with Crippen molar-refractivity contribution in [2.75, 3.05) is 0 Å². The topological polar surface area (TPSA) is 49.4 Å². The monoisotopic (exact) mass is 372 g/mol. The van der Waals surface area contributed by atoms with Crippen LogP contribution in [0.1, 0.15) is 26.3 Å². The molecule has 0 saturated carbocycles. The fourth-order valence-electron chi connectivity index (χ4n) is 2.11. The van der Waals surface area contributed by atoms with Gasteiger partial charge in [-0.25, -0.2) is 0 Å². The van der Waals surface area contributed by atoms with Crippen LogP contribution in [0.3, 0.4) is 0 Å². The van der Waals surface area contributed by atoms with Gasteiger partial charge in [0.15, 0.2) is 0 Å². The first-order valence-corrected chi connectivity index (χ1v) is 7.27. The second-order valence-electron chi connectivity index (χ2n) is 5.31. The van der Waals surface area contributed by atoms with Crippen LogP contribution in [0.15, 0.2) is 24.3 Å². The first-order valence-electron chi connectivity index (χ1n) is 6.19. The zero-order valence-electron chi connectivity index (χ0n) is 11.2. The van der Waals surface area contributed by atoms with Gasteiger partial charge < -0.3 is 10.2 Å². The third-order valence-corrected chi connectivity index (χ3v) is 4.19. The second kappa shape index (κ2) is 5.11. The Labute approximate surface area is 126 Å². The standard InChI is InChI=1S/C14H17IN2O2/c1-9-12(18)17(14(2,3)13(19)16-9)8-10-4-6-11(15)7-5-10/h4-7,9H,8H2,1-3H3,(H,16,19). The summed E-state index contributed by atoms with van der Waals surface area (Å²) in [5.41, 5.74) is 0.218. The van der Waals surface area contributed by atoms with Crippen molar-refractivity contribution in [3.63, 3.8) is 0 Å². The minimum absolute atomic E-state index is 0.0387. The van der Waals surface area contributed by atoms with Gasteiger partial charge in [0.05, 0.1) is 0 Å². The average molecular weight is 372 g/mol. The number of hydrogen-bond acceptors (Lipinski definition) is 2. The van der Waals surface area contributed by atoms with Gasteiger partial charge in [0.1, 0.15) is 11.6 Å². The van der Waals surface area contributed by atoms with E-state index >= 15 is 0 Å². The van der Waals surface area contributed by atoms with Crippen molar-refractivity contribution in [3.8, 4) is 0 Å². The fourth-order valence-corrected chi connectivity index (χ4v) is 2.47. The molecule has 0 bridgehead atoms. The maximum absolute atomic E-state index is 12.3. The molecule has 102 valence electrons. The molecule has 0 spiro atoms. The van der Waals surface area contributed by atoms with Gasteiger partial charge in [-0.1, -0.05) is 12.1 Å². The molecule has 4 nitrogen and oxygen atoms in total. The largest absolute Gasteiger partial charge is 0.343 e. The predicted octanol–water partition coefficient (Wildman–Crippen LogP) is 1.92. The zero-order chi connectivity index (χ0) is 14.2. The molecule has 1 unspecified atom stereocenters. The van der Waals surface area contributed by atoms with E-state index in [1.807, 2.05) is 24.3 Å². The Balaban J connectivity index is 2.27. The molecular formula is C14H17IN2O2. The number of nitrogens with zero attached hydrogens (tertiary/aromatic N) is 1. The summed E-state index contributed by atoms with van der Waals surface area (Å²) in [5, 5.41) is 2.71. The van der Waals surface area contributed by atoms with E-state index in [0.29, 0.717) is 6.54 Å². The van der Waals surface area contributed by atoms with Gasteiger partial charge in [0.2, 0.25) is 11.8 Å². The lowest BCUT2D eigenvalue weighted by atomic mass is 9.95. The number of nitrogens with one attached hydrogen (secondary N) is 1. The lowest BCUT2D eigenvalue weighted by molar-refractivity contribution is -0.155. The van der Waals surface area contributed by atoms with E-state index in [0.717, 1.165) is 9.13 Å². The van der Waals surface area contributed by atoms with Crippen LogP contribution >= 0.6 is 22.6 Å². The van der Waals surface area contributed by atoms with Crippen LogP contribution in [0.5, 0.6) is 0 Å². The highest BCUT2D eigenvalue weighted by Gasteiger charge is 2.44. The molecule has 1 aromatic carbocycles. The molecule has 1 saturated heterocycles. The van der Waals surface area contributed by atoms with Gasteiger partial charge >= 0.3 is 0 Å². The number of benzene rings is 1. The molecule has 1 aliphatic rings. The van der Waals surface area contributed by atoms with E-state index in [-0.39, 0.29) is 11.8 Å². The number of halogens is 1. The first kappa shape index (κ1) is 14.3. The molecule has 0 aliphatic carbocycles. The number of piperazine rings is 1. The molecule has 1 fully saturated rings. The second-order valence-corrected chi connectivity index (χ2v) is 6.55. The third kappa shape index (κ3) is 2.75. The molecule has 0 radical (unpaired) electrons. The predicted molar refractivity (Wildman–Crippen MR) is 81.4 cm³/mol. The molecule has 1 atom stereocenters. The average Bonchev–Trinajstić information content (AvgIpc) is 2.35. The molecule has 2 amide bonds. The molecule has 5 heteroatoms. The molecule has 1 heterocycles. The summed E-state index contributed by atoms with van der Waals surface area (Å²) >= 11 is 2.24. The van der Waals surface area contributed by atoms with Crippen molar-refractivity contribution in [1.29, 1.82) is 0 Å². The van der Waals surface area contributed by atoms with Crippen molar-refractivity contribution < 1.29 is 9.59 Å². The van der Waals surface area contributed by atoms with Gasteiger partial charge in [0.25, 0.3) is 0 Å². The molecule has 19 heavy (non-hydrogen) atoms. The van der Waals surface area contributed by atoms with Crippen LogP contribution in [0, 0.1) is 3.57 Å².